The molecule has 3 heteroatoms. The number of ether oxygens (including phenoxy) is 1. The van der Waals surface area contributed by atoms with Crippen LogP contribution in [-0.4, -0.2) is 13.7 Å². The van der Waals surface area contributed by atoms with E-state index in [1.807, 2.05) is 18.4 Å². The molecule has 0 unspecified atom stereocenters. The summed E-state index contributed by atoms with van der Waals surface area (Å²) in [4.78, 5) is 2.69. The van der Waals surface area contributed by atoms with Gasteiger partial charge in [-0.2, -0.15) is 0 Å². The Hall–Kier alpha value is -0.380. The van der Waals surface area contributed by atoms with Crippen molar-refractivity contribution in [3.8, 4) is 0 Å². The predicted octanol–water partition coefficient (Wildman–Crippen LogP) is 2.39. The first-order valence-corrected chi connectivity index (χ1v) is 5.48. The number of rotatable bonds is 6. The van der Waals surface area contributed by atoms with Gasteiger partial charge in [-0.3, -0.25) is 0 Å². The van der Waals surface area contributed by atoms with Gasteiger partial charge in [0.05, 0.1) is 6.61 Å². The van der Waals surface area contributed by atoms with E-state index in [-0.39, 0.29) is 0 Å². The van der Waals surface area contributed by atoms with E-state index < -0.39 is 0 Å². The van der Waals surface area contributed by atoms with E-state index in [0.717, 1.165) is 26.2 Å². The van der Waals surface area contributed by atoms with Crippen molar-refractivity contribution in [2.75, 3.05) is 13.7 Å². The summed E-state index contributed by atoms with van der Waals surface area (Å²) in [6, 6.07) is 4.30. The van der Waals surface area contributed by atoms with Crippen molar-refractivity contribution in [3.63, 3.8) is 0 Å². The SMILES string of the molecule is CCCOCc1ccc(CNC)s1. The zero-order valence-corrected chi connectivity index (χ0v) is 9.12. The molecule has 0 aliphatic rings. The van der Waals surface area contributed by atoms with Crippen molar-refractivity contribution in [3.05, 3.63) is 21.9 Å². The van der Waals surface area contributed by atoms with Crippen molar-refractivity contribution in [1.82, 2.24) is 5.32 Å². The first kappa shape index (κ1) is 10.7. The highest BCUT2D eigenvalue weighted by Gasteiger charge is 1.98. The molecular weight excluding hydrogens is 182 g/mol. The fourth-order valence-electron chi connectivity index (χ4n) is 1.09. The molecule has 0 bridgehead atoms. The molecule has 2 nitrogen and oxygen atoms in total. The summed E-state index contributed by atoms with van der Waals surface area (Å²) >= 11 is 1.82. The second kappa shape index (κ2) is 6.13. The van der Waals surface area contributed by atoms with E-state index in [0.29, 0.717) is 0 Å². The quantitative estimate of drug-likeness (QED) is 0.710. The van der Waals surface area contributed by atoms with Crippen molar-refractivity contribution >= 4 is 11.3 Å². The highest BCUT2D eigenvalue weighted by Crippen LogP contribution is 2.16. The van der Waals surface area contributed by atoms with Crippen LogP contribution in [0.5, 0.6) is 0 Å². The Balaban J connectivity index is 2.31. The molecule has 0 aliphatic carbocycles. The molecule has 13 heavy (non-hydrogen) atoms. The minimum atomic E-state index is 0.766. The summed E-state index contributed by atoms with van der Waals surface area (Å²) in [7, 11) is 1.97. The lowest BCUT2D eigenvalue weighted by molar-refractivity contribution is 0.123. The molecule has 0 fully saturated rings. The smallest absolute Gasteiger partial charge is 0.0809 e. The lowest BCUT2D eigenvalue weighted by Crippen LogP contribution is -2.02. The largest absolute Gasteiger partial charge is 0.376 e. The molecule has 0 spiro atoms. The van der Waals surface area contributed by atoms with Crippen LogP contribution in [0.4, 0.5) is 0 Å². The van der Waals surface area contributed by atoms with Gasteiger partial charge in [0.15, 0.2) is 0 Å². The van der Waals surface area contributed by atoms with Crippen molar-refractivity contribution < 1.29 is 4.74 Å². The average Bonchev–Trinajstić information content (AvgIpc) is 2.54. The summed E-state index contributed by atoms with van der Waals surface area (Å²) < 4.78 is 5.45. The maximum atomic E-state index is 5.45. The van der Waals surface area contributed by atoms with Crippen molar-refractivity contribution in [2.24, 2.45) is 0 Å². The molecule has 0 aliphatic heterocycles. The second-order valence-corrected chi connectivity index (χ2v) is 4.20. The van der Waals surface area contributed by atoms with E-state index in [1.165, 1.54) is 9.75 Å². The zero-order valence-electron chi connectivity index (χ0n) is 8.30. The molecule has 0 radical (unpaired) electrons. The lowest BCUT2D eigenvalue weighted by atomic mass is 10.4. The summed E-state index contributed by atoms with van der Waals surface area (Å²) in [5.41, 5.74) is 0. The monoisotopic (exact) mass is 199 g/mol. The van der Waals surface area contributed by atoms with Crippen LogP contribution < -0.4 is 5.32 Å². The van der Waals surface area contributed by atoms with E-state index in [4.69, 9.17) is 4.74 Å². The standard InChI is InChI=1S/C10H17NOS/c1-3-6-12-8-10-5-4-9(13-10)7-11-2/h4-5,11H,3,6-8H2,1-2H3. The van der Waals surface area contributed by atoms with Crippen LogP contribution in [0.25, 0.3) is 0 Å². The molecule has 0 atom stereocenters. The van der Waals surface area contributed by atoms with Gasteiger partial charge in [-0.1, -0.05) is 6.92 Å². The number of hydrogen-bond acceptors (Lipinski definition) is 3. The average molecular weight is 199 g/mol. The summed E-state index contributed by atoms with van der Waals surface area (Å²) in [5.74, 6) is 0. The maximum absolute atomic E-state index is 5.45. The van der Waals surface area contributed by atoms with Crippen molar-refractivity contribution in [1.29, 1.82) is 0 Å². The minimum Gasteiger partial charge on any atom is -0.376 e. The van der Waals surface area contributed by atoms with Gasteiger partial charge in [-0.15, -0.1) is 11.3 Å². The fraction of sp³-hybridized carbons (Fsp3) is 0.600. The Bertz CT molecular complexity index is 235. The zero-order chi connectivity index (χ0) is 9.52. The van der Waals surface area contributed by atoms with Gasteiger partial charge in [-0.05, 0) is 25.6 Å². The normalized spacial score (nSPS) is 10.6. The Morgan fingerprint density at radius 2 is 2.15 bits per heavy atom. The maximum Gasteiger partial charge on any atom is 0.0809 e. The third-order valence-corrected chi connectivity index (χ3v) is 2.72. The third-order valence-electron chi connectivity index (χ3n) is 1.66. The number of nitrogens with one attached hydrogen (secondary N) is 1. The van der Waals surface area contributed by atoms with Gasteiger partial charge in [0.2, 0.25) is 0 Å². The predicted molar refractivity (Wildman–Crippen MR) is 57.0 cm³/mol. The van der Waals surface area contributed by atoms with Gasteiger partial charge < -0.3 is 10.1 Å². The Labute approximate surface area is 83.9 Å². The van der Waals surface area contributed by atoms with Crippen LogP contribution in [0.1, 0.15) is 23.1 Å². The summed E-state index contributed by atoms with van der Waals surface area (Å²) in [6.45, 7) is 4.71. The molecule has 1 rings (SSSR count). The molecule has 1 aromatic heterocycles. The molecule has 1 heterocycles. The molecular formula is C10H17NOS. The van der Waals surface area contributed by atoms with Crippen LogP contribution >= 0.6 is 11.3 Å². The van der Waals surface area contributed by atoms with E-state index in [9.17, 15) is 0 Å². The highest BCUT2D eigenvalue weighted by molar-refractivity contribution is 7.11. The van der Waals surface area contributed by atoms with E-state index in [1.54, 1.807) is 0 Å². The van der Waals surface area contributed by atoms with Gasteiger partial charge >= 0.3 is 0 Å². The van der Waals surface area contributed by atoms with Gasteiger partial charge in [0.1, 0.15) is 0 Å². The molecule has 1 aromatic rings. The van der Waals surface area contributed by atoms with E-state index in [2.05, 4.69) is 24.4 Å². The molecule has 0 saturated carbocycles. The lowest BCUT2D eigenvalue weighted by Gasteiger charge is -1.98. The molecule has 1 N–H and O–H groups in total. The summed E-state index contributed by atoms with van der Waals surface area (Å²) in [6.07, 6.45) is 1.09. The third kappa shape index (κ3) is 3.89. The van der Waals surface area contributed by atoms with Crippen LogP contribution in [0.2, 0.25) is 0 Å². The fourth-order valence-corrected chi connectivity index (χ4v) is 2.05. The van der Waals surface area contributed by atoms with E-state index >= 15 is 0 Å². The van der Waals surface area contributed by atoms with Crippen molar-refractivity contribution in [2.45, 2.75) is 26.5 Å². The highest BCUT2D eigenvalue weighted by atomic mass is 32.1. The number of thiophene rings is 1. The van der Waals surface area contributed by atoms with Gasteiger partial charge in [0, 0.05) is 22.9 Å². The first-order valence-electron chi connectivity index (χ1n) is 4.66. The van der Waals surface area contributed by atoms with Crippen LogP contribution in [0.15, 0.2) is 12.1 Å². The van der Waals surface area contributed by atoms with Gasteiger partial charge in [-0.25, -0.2) is 0 Å². The first-order chi connectivity index (χ1) is 6.36. The number of hydrogen-bond donors (Lipinski definition) is 1. The Kier molecular flexibility index (Phi) is 5.05. The second-order valence-electron chi connectivity index (χ2n) is 2.95. The van der Waals surface area contributed by atoms with Crippen LogP contribution in [0, 0.1) is 0 Å². The Morgan fingerprint density at radius 1 is 1.38 bits per heavy atom. The van der Waals surface area contributed by atoms with Gasteiger partial charge in [0.25, 0.3) is 0 Å². The molecule has 0 aromatic carbocycles. The van der Waals surface area contributed by atoms with Crippen LogP contribution in [0.3, 0.4) is 0 Å². The molecule has 0 saturated heterocycles. The van der Waals surface area contributed by atoms with Crippen LogP contribution in [-0.2, 0) is 17.9 Å². The minimum absolute atomic E-state index is 0.766. The molecule has 0 amide bonds. The molecule has 74 valence electrons. The Morgan fingerprint density at radius 3 is 2.85 bits per heavy atom. The topological polar surface area (TPSA) is 21.3 Å². The summed E-state index contributed by atoms with van der Waals surface area (Å²) in [5, 5.41) is 3.13.